The predicted molar refractivity (Wildman–Crippen MR) is 88.3 cm³/mol. The summed E-state index contributed by atoms with van der Waals surface area (Å²) in [4.78, 5) is 0. The molecule has 0 bridgehead atoms. The van der Waals surface area contributed by atoms with Crippen molar-refractivity contribution in [2.45, 2.75) is 38.2 Å². The fraction of sp³-hybridized carbons (Fsp3) is 0.368. The fourth-order valence-electron chi connectivity index (χ4n) is 2.80. The van der Waals surface area contributed by atoms with Gasteiger partial charge in [0, 0.05) is 12.5 Å². The third kappa shape index (κ3) is 3.52. The van der Waals surface area contributed by atoms with Gasteiger partial charge < -0.3 is 10.8 Å². The highest BCUT2D eigenvalue weighted by Crippen LogP contribution is 2.36. The van der Waals surface area contributed by atoms with E-state index >= 15 is 0 Å². The molecule has 0 fully saturated rings. The van der Waals surface area contributed by atoms with E-state index in [2.05, 4.69) is 26.8 Å². The minimum absolute atomic E-state index is 0.00654. The molecule has 2 aromatic carbocycles. The normalized spacial score (nSPS) is 14.7. The van der Waals surface area contributed by atoms with Crippen LogP contribution in [0.3, 0.4) is 0 Å². The minimum atomic E-state index is -0.590. The van der Waals surface area contributed by atoms with Crippen molar-refractivity contribution in [1.82, 2.24) is 0 Å². The van der Waals surface area contributed by atoms with Crippen molar-refractivity contribution in [3.05, 3.63) is 71.3 Å². The molecule has 3 N–H and O–H groups in total. The number of aliphatic hydroxyl groups is 1. The average Bonchev–Trinajstić information content (AvgIpc) is 2.48. The van der Waals surface area contributed by atoms with Crippen LogP contribution in [0.1, 0.15) is 49.5 Å². The summed E-state index contributed by atoms with van der Waals surface area (Å²) in [5.41, 5.74) is 9.16. The van der Waals surface area contributed by atoms with E-state index < -0.39 is 6.10 Å². The van der Waals surface area contributed by atoms with Crippen molar-refractivity contribution in [1.29, 1.82) is 0 Å². The van der Waals surface area contributed by atoms with E-state index in [9.17, 15) is 5.11 Å². The van der Waals surface area contributed by atoms with Crippen LogP contribution in [0.2, 0.25) is 0 Å². The lowest BCUT2D eigenvalue weighted by molar-refractivity contribution is 0.145. The lowest BCUT2D eigenvalue weighted by Crippen LogP contribution is -2.23. The Bertz CT molecular complexity index is 572. The summed E-state index contributed by atoms with van der Waals surface area (Å²) < 4.78 is 0. The van der Waals surface area contributed by atoms with Gasteiger partial charge in [-0.25, -0.2) is 0 Å². The van der Waals surface area contributed by atoms with Crippen molar-refractivity contribution < 1.29 is 5.11 Å². The van der Waals surface area contributed by atoms with Crippen LogP contribution in [0.5, 0.6) is 0 Å². The maximum absolute atomic E-state index is 10.9. The van der Waals surface area contributed by atoms with Gasteiger partial charge in [-0.1, -0.05) is 75.4 Å². The van der Waals surface area contributed by atoms with Crippen molar-refractivity contribution in [2.75, 3.05) is 6.54 Å². The van der Waals surface area contributed by atoms with Crippen LogP contribution < -0.4 is 5.73 Å². The van der Waals surface area contributed by atoms with E-state index in [0.29, 0.717) is 6.54 Å². The summed E-state index contributed by atoms with van der Waals surface area (Å²) in [7, 11) is 0. The monoisotopic (exact) mass is 283 g/mol. The Morgan fingerprint density at radius 1 is 0.952 bits per heavy atom. The first-order valence-electron chi connectivity index (χ1n) is 7.47. The van der Waals surface area contributed by atoms with Gasteiger partial charge >= 0.3 is 0 Å². The van der Waals surface area contributed by atoms with Gasteiger partial charge in [0.15, 0.2) is 0 Å². The second-order valence-corrected chi connectivity index (χ2v) is 6.53. The van der Waals surface area contributed by atoms with Crippen LogP contribution >= 0.6 is 0 Å². The number of aliphatic hydroxyl groups excluding tert-OH is 1. The Morgan fingerprint density at radius 2 is 1.52 bits per heavy atom. The molecule has 0 amide bonds. The lowest BCUT2D eigenvalue weighted by Gasteiger charge is -2.29. The molecule has 0 aliphatic carbocycles. The van der Waals surface area contributed by atoms with E-state index in [1.165, 1.54) is 5.56 Å². The molecule has 21 heavy (non-hydrogen) atoms. The van der Waals surface area contributed by atoms with Gasteiger partial charge in [0.05, 0.1) is 6.10 Å². The Balaban J connectivity index is 2.42. The molecule has 2 rings (SSSR count). The van der Waals surface area contributed by atoms with Crippen LogP contribution in [0.4, 0.5) is 0 Å². The molecule has 2 nitrogen and oxygen atoms in total. The molecular weight excluding hydrogens is 258 g/mol. The van der Waals surface area contributed by atoms with Crippen molar-refractivity contribution in [3.8, 4) is 0 Å². The third-order valence-electron chi connectivity index (χ3n) is 3.95. The highest BCUT2D eigenvalue weighted by atomic mass is 16.3. The first-order valence-corrected chi connectivity index (χ1v) is 7.47. The molecular formula is C19H25NO. The topological polar surface area (TPSA) is 46.2 Å². The smallest absolute Gasteiger partial charge is 0.0873 e. The highest BCUT2D eigenvalue weighted by molar-refractivity contribution is 5.37. The standard InChI is InChI=1S/C19H25NO/c1-19(2,3)17-12-8-7-11-15(17)18(21)16(13-20)14-9-5-4-6-10-14/h4-12,16,18,21H,13,20H2,1-3H3. The summed E-state index contributed by atoms with van der Waals surface area (Å²) in [5.74, 6) is -0.0882. The van der Waals surface area contributed by atoms with Crippen LogP contribution in [0.15, 0.2) is 54.6 Å². The second-order valence-electron chi connectivity index (χ2n) is 6.53. The van der Waals surface area contributed by atoms with Crippen LogP contribution in [-0.4, -0.2) is 11.7 Å². The number of nitrogens with two attached hydrogens (primary N) is 1. The Labute approximate surface area is 127 Å². The van der Waals surface area contributed by atoms with Gasteiger partial charge in [-0.3, -0.25) is 0 Å². The number of hydrogen-bond acceptors (Lipinski definition) is 2. The van der Waals surface area contributed by atoms with Gasteiger partial charge in [0.25, 0.3) is 0 Å². The zero-order chi connectivity index (χ0) is 15.5. The van der Waals surface area contributed by atoms with E-state index in [0.717, 1.165) is 11.1 Å². The van der Waals surface area contributed by atoms with Gasteiger partial charge in [0.1, 0.15) is 0 Å². The molecule has 0 heterocycles. The first-order chi connectivity index (χ1) is 9.95. The zero-order valence-electron chi connectivity index (χ0n) is 13.1. The molecule has 2 heteroatoms. The maximum Gasteiger partial charge on any atom is 0.0873 e. The Morgan fingerprint density at radius 3 is 2.10 bits per heavy atom. The highest BCUT2D eigenvalue weighted by Gasteiger charge is 2.27. The van der Waals surface area contributed by atoms with E-state index in [4.69, 9.17) is 5.73 Å². The molecule has 0 saturated carbocycles. The molecule has 0 aliphatic heterocycles. The van der Waals surface area contributed by atoms with Gasteiger partial charge in [-0.2, -0.15) is 0 Å². The molecule has 2 aromatic rings. The molecule has 0 radical (unpaired) electrons. The fourth-order valence-corrected chi connectivity index (χ4v) is 2.80. The Kier molecular flexibility index (Phi) is 4.81. The van der Waals surface area contributed by atoms with Crippen molar-refractivity contribution in [3.63, 3.8) is 0 Å². The maximum atomic E-state index is 10.9. The van der Waals surface area contributed by atoms with E-state index in [-0.39, 0.29) is 11.3 Å². The molecule has 0 saturated heterocycles. The average molecular weight is 283 g/mol. The first kappa shape index (κ1) is 15.7. The largest absolute Gasteiger partial charge is 0.388 e. The summed E-state index contributed by atoms with van der Waals surface area (Å²) in [6.45, 7) is 6.92. The number of hydrogen-bond donors (Lipinski definition) is 2. The number of rotatable bonds is 4. The van der Waals surface area contributed by atoms with Gasteiger partial charge in [0.2, 0.25) is 0 Å². The quantitative estimate of drug-likeness (QED) is 0.897. The SMILES string of the molecule is CC(C)(C)c1ccccc1C(O)C(CN)c1ccccc1. The van der Waals surface area contributed by atoms with E-state index in [1.54, 1.807) is 0 Å². The molecule has 0 spiro atoms. The van der Waals surface area contributed by atoms with Crippen molar-refractivity contribution in [2.24, 2.45) is 5.73 Å². The zero-order valence-corrected chi connectivity index (χ0v) is 13.1. The van der Waals surface area contributed by atoms with Crippen molar-refractivity contribution >= 4 is 0 Å². The molecule has 2 unspecified atom stereocenters. The molecule has 0 aromatic heterocycles. The predicted octanol–water partition coefficient (Wildman–Crippen LogP) is 3.76. The molecule has 2 atom stereocenters. The van der Waals surface area contributed by atoms with Gasteiger partial charge in [-0.15, -0.1) is 0 Å². The third-order valence-corrected chi connectivity index (χ3v) is 3.95. The van der Waals surface area contributed by atoms with Crippen LogP contribution in [-0.2, 0) is 5.41 Å². The van der Waals surface area contributed by atoms with Gasteiger partial charge in [-0.05, 0) is 22.1 Å². The van der Waals surface area contributed by atoms with E-state index in [1.807, 2.05) is 48.5 Å². The van der Waals surface area contributed by atoms with Crippen LogP contribution in [0, 0.1) is 0 Å². The molecule has 112 valence electrons. The summed E-state index contributed by atoms with van der Waals surface area (Å²) in [6, 6.07) is 18.1. The summed E-state index contributed by atoms with van der Waals surface area (Å²) >= 11 is 0. The Hall–Kier alpha value is -1.64. The molecule has 0 aliphatic rings. The lowest BCUT2D eigenvalue weighted by atomic mass is 9.79. The summed E-state index contributed by atoms with van der Waals surface area (Å²) in [5, 5.41) is 10.9. The van der Waals surface area contributed by atoms with Crippen LogP contribution in [0.25, 0.3) is 0 Å². The second kappa shape index (κ2) is 6.42. The minimum Gasteiger partial charge on any atom is -0.388 e. The summed E-state index contributed by atoms with van der Waals surface area (Å²) in [6.07, 6.45) is -0.590. The number of benzene rings is 2.